The molecule has 0 aliphatic heterocycles. The van der Waals surface area contributed by atoms with Gasteiger partial charge in [0.25, 0.3) is 0 Å². The first kappa shape index (κ1) is 15.6. The van der Waals surface area contributed by atoms with Crippen molar-refractivity contribution in [3.8, 4) is 17.6 Å². The van der Waals surface area contributed by atoms with Crippen LogP contribution in [-0.4, -0.2) is 24.1 Å². The van der Waals surface area contributed by atoms with Crippen molar-refractivity contribution in [1.82, 2.24) is 0 Å². The minimum Gasteiger partial charge on any atom is -0.493 e. The van der Waals surface area contributed by atoms with E-state index in [-0.39, 0.29) is 6.61 Å². The minimum atomic E-state index is 0.0911. The molecule has 110 valence electrons. The molecule has 1 aromatic heterocycles. The van der Waals surface area contributed by atoms with E-state index in [9.17, 15) is 0 Å². The Labute approximate surface area is 129 Å². The highest BCUT2D eigenvalue weighted by Gasteiger charge is 2.02. The molecule has 0 radical (unpaired) electrons. The summed E-state index contributed by atoms with van der Waals surface area (Å²) in [5.41, 5.74) is 0.902. The van der Waals surface area contributed by atoms with Crippen LogP contribution < -0.4 is 4.74 Å². The average molecular weight is 302 g/mol. The zero-order valence-electron chi connectivity index (χ0n) is 12.0. The van der Waals surface area contributed by atoms with Gasteiger partial charge in [-0.25, -0.2) is 0 Å². The number of ether oxygens (including phenoxy) is 1. The zero-order valence-corrected chi connectivity index (χ0v) is 12.8. The van der Waals surface area contributed by atoms with Crippen LogP contribution in [-0.2, 0) is 0 Å². The van der Waals surface area contributed by atoms with E-state index in [0.717, 1.165) is 27.7 Å². The van der Waals surface area contributed by atoms with E-state index >= 15 is 0 Å². The molecule has 1 heterocycles. The molecule has 0 spiro atoms. The first-order valence-corrected chi connectivity index (χ1v) is 7.77. The van der Waals surface area contributed by atoms with Gasteiger partial charge in [0.1, 0.15) is 11.5 Å². The number of rotatable bonds is 6. The van der Waals surface area contributed by atoms with Gasteiger partial charge in [0, 0.05) is 22.6 Å². The summed E-state index contributed by atoms with van der Waals surface area (Å²) in [6, 6.07) is 9.66. The molecule has 0 aliphatic rings. The maximum Gasteiger partial charge on any atom is 0.120 e. The molecule has 3 nitrogen and oxygen atoms in total. The molecule has 21 heavy (non-hydrogen) atoms. The third-order valence-electron chi connectivity index (χ3n) is 2.72. The molecule has 2 rings (SSSR count). The quantitative estimate of drug-likeness (QED) is 0.504. The lowest BCUT2D eigenvalue weighted by molar-refractivity contribution is 0.305. The third kappa shape index (κ3) is 5.22. The molecule has 2 aromatic rings. The molecule has 0 unspecified atom stereocenters. The number of aliphatic hydroxyl groups is 1. The van der Waals surface area contributed by atoms with Crippen LogP contribution in [0.5, 0.6) is 5.75 Å². The van der Waals surface area contributed by atoms with Gasteiger partial charge in [-0.15, -0.1) is 11.8 Å². The Bertz CT molecular complexity index is 622. The lowest BCUT2D eigenvalue weighted by Gasteiger charge is -2.06. The van der Waals surface area contributed by atoms with Crippen LogP contribution >= 0.6 is 11.8 Å². The topological polar surface area (TPSA) is 42.6 Å². The number of aryl methyl sites for hydroxylation is 1. The molecule has 0 saturated heterocycles. The van der Waals surface area contributed by atoms with Gasteiger partial charge in [-0.05, 0) is 31.2 Å². The van der Waals surface area contributed by atoms with Crippen molar-refractivity contribution in [1.29, 1.82) is 0 Å². The monoisotopic (exact) mass is 302 g/mol. The van der Waals surface area contributed by atoms with Crippen molar-refractivity contribution >= 4 is 11.8 Å². The van der Waals surface area contributed by atoms with E-state index in [0.29, 0.717) is 13.0 Å². The van der Waals surface area contributed by atoms with Crippen LogP contribution in [0.1, 0.15) is 17.7 Å². The summed E-state index contributed by atoms with van der Waals surface area (Å²) in [5, 5.41) is 8.70. The number of furan rings is 1. The van der Waals surface area contributed by atoms with Crippen LogP contribution in [0.4, 0.5) is 0 Å². The Morgan fingerprint density at radius 3 is 3.00 bits per heavy atom. The number of benzene rings is 1. The van der Waals surface area contributed by atoms with Crippen LogP contribution in [0.2, 0.25) is 0 Å². The Hall–Kier alpha value is -1.83. The number of thioether (sulfide) groups is 1. The highest BCUT2D eigenvalue weighted by molar-refractivity contribution is 7.99. The maximum atomic E-state index is 8.70. The predicted octanol–water partition coefficient (Wildman–Crippen LogP) is 3.49. The second-order valence-electron chi connectivity index (χ2n) is 4.34. The molecule has 0 fully saturated rings. The van der Waals surface area contributed by atoms with Crippen molar-refractivity contribution in [3.05, 3.63) is 47.9 Å². The van der Waals surface area contributed by atoms with Gasteiger partial charge in [-0.2, -0.15) is 0 Å². The molecule has 1 aromatic carbocycles. The SMILES string of the molecule is Cc1occc1SCCOc1cccc(C#CCCO)c1. The second-order valence-corrected chi connectivity index (χ2v) is 5.48. The van der Waals surface area contributed by atoms with Gasteiger partial charge in [0.15, 0.2) is 0 Å². The molecule has 4 heteroatoms. The second kappa shape index (κ2) is 8.46. The lowest BCUT2D eigenvalue weighted by Crippen LogP contribution is -2.00. The fourth-order valence-electron chi connectivity index (χ4n) is 1.72. The van der Waals surface area contributed by atoms with Crippen molar-refractivity contribution in [2.75, 3.05) is 19.0 Å². The fourth-order valence-corrected chi connectivity index (χ4v) is 2.51. The number of aliphatic hydroxyl groups excluding tert-OH is 1. The van der Waals surface area contributed by atoms with Gasteiger partial charge in [0.05, 0.1) is 19.5 Å². The molecule has 1 N–H and O–H groups in total. The molecule has 0 bridgehead atoms. The van der Waals surface area contributed by atoms with E-state index < -0.39 is 0 Å². The summed E-state index contributed by atoms with van der Waals surface area (Å²) in [6.07, 6.45) is 2.19. The summed E-state index contributed by atoms with van der Waals surface area (Å²) < 4.78 is 11.0. The summed E-state index contributed by atoms with van der Waals surface area (Å²) in [6.45, 7) is 2.67. The minimum absolute atomic E-state index is 0.0911. The fraction of sp³-hybridized carbons (Fsp3) is 0.294. The predicted molar refractivity (Wildman–Crippen MR) is 84.7 cm³/mol. The standard InChI is InChI=1S/C17H18O3S/c1-14-17(8-10-19-14)21-12-11-20-16-7-4-6-15(13-16)5-2-3-9-18/h4,6-8,10,13,18H,3,9,11-12H2,1H3. The highest BCUT2D eigenvalue weighted by atomic mass is 32.2. The van der Waals surface area contributed by atoms with Gasteiger partial charge in [-0.3, -0.25) is 0 Å². The first-order valence-electron chi connectivity index (χ1n) is 6.79. The molecule has 0 saturated carbocycles. The van der Waals surface area contributed by atoms with Crippen molar-refractivity contribution < 1.29 is 14.3 Å². The Morgan fingerprint density at radius 2 is 2.24 bits per heavy atom. The average Bonchev–Trinajstić information content (AvgIpc) is 2.90. The van der Waals surface area contributed by atoms with Crippen LogP contribution in [0, 0.1) is 18.8 Å². The van der Waals surface area contributed by atoms with Crippen LogP contribution in [0.15, 0.2) is 45.9 Å². The maximum absolute atomic E-state index is 8.70. The van der Waals surface area contributed by atoms with E-state index in [2.05, 4.69) is 11.8 Å². The van der Waals surface area contributed by atoms with E-state index in [1.165, 1.54) is 0 Å². The van der Waals surface area contributed by atoms with Gasteiger partial charge >= 0.3 is 0 Å². The summed E-state index contributed by atoms with van der Waals surface area (Å²) in [7, 11) is 0. The highest BCUT2D eigenvalue weighted by Crippen LogP contribution is 2.23. The van der Waals surface area contributed by atoms with Crippen LogP contribution in [0.3, 0.4) is 0 Å². The van der Waals surface area contributed by atoms with Gasteiger partial charge in [-0.1, -0.05) is 17.9 Å². The van der Waals surface area contributed by atoms with Gasteiger partial charge in [0.2, 0.25) is 0 Å². The molecule has 0 aliphatic carbocycles. The van der Waals surface area contributed by atoms with Crippen molar-refractivity contribution in [3.63, 3.8) is 0 Å². The Morgan fingerprint density at radius 1 is 1.33 bits per heavy atom. The summed E-state index contributed by atoms with van der Waals surface area (Å²) >= 11 is 1.72. The Balaban J connectivity index is 1.79. The summed E-state index contributed by atoms with van der Waals surface area (Å²) in [5.74, 6) is 8.52. The van der Waals surface area contributed by atoms with Crippen molar-refractivity contribution in [2.24, 2.45) is 0 Å². The number of hydrogen-bond acceptors (Lipinski definition) is 4. The van der Waals surface area contributed by atoms with Crippen molar-refractivity contribution in [2.45, 2.75) is 18.2 Å². The zero-order chi connectivity index (χ0) is 14.9. The molecule has 0 atom stereocenters. The summed E-state index contributed by atoms with van der Waals surface area (Å²) in [4.78, 5) is 1.15. The number of hydrogen-bond donors (Lipinski definition) is 1. The first-order chi connectivity index (χ1) is 10.3. The molecule has 0 amide bonds. The normalized spacial score (nSPS) is 10.0. The molecular weight excluding hydrogens is 284 g/mol. The Kier molecular flexibility index (Phi) is 6.26. The largest absolute Gasteiger partial charge is 0.493 e. The smallest absolute Gasteiger partial charge is 0.120 e. The van der Waals surface area contributed by atoms with E-state index in [1.807, 2.05) is 37.3 Å². The molecular formula is C17H18O3S. The van der Waals surface area contributed by atoms with Gasteiger partial charge < -0.3 is 14.3 Å². The van der Waals surface area contributed by atoms with E-state index in [1.54, 1.807) is 18.0 Å². The lowest BCUT2D eigenvalue weighted by atomic mass is 10.2. The van der Waals surface area contributed by atoms with Crippen LogP contribution in [0.25, 0.3) is 0 Å². The van der Waals surface area contributed by atoms with E-state index in [4.69, 9.17) is 14.3 Å². The third-order valence-corrected chi connectivity index (χ3v) is 3.83.